The van der Waals surface area contributed by atoms with E-state index in [-0.39, 0.29) is 10.6 Å². The highest BCUT2D eigenvalue weighted by molar-refractivity contribution is 6.32. The number of nitrogens with zero attached hydrogens (tertiary/aromatic N) is 3. The van der Waals surface area contributed by atoms with E-state index in [1.165, 1.54) is 0 Å². The number of nitrogens with one attached hydrogen (secondary N) is 1. The van der Waals surface area contributed by atoms with Crippen molar-refractivity contribution < 1.29 is 0 Å². The summed E-state index contributed by atoms with van der Waals surface area (Å²) in [7, 11) is 5.88. The first kappa shape index (κ1) is 14.4. The molecule has 0 aliphatic rings. The molecule has 20 heavy (non-hydrogen) atoms. The van der Waals surface area contributed by atoms with E-state index in [4.69, 9.17) is 11.6 Å². The van der Waals surface area contributed by atoms with Crippen LogP contribution in [0, 0.1) is 0 Å². The second-order valence-electron chi connectivity index (χ2n) is 4.82. The van der Waals surface area contributed by atoms with E-state index in [0.29, 0.717) is 12.2 Å². The molecule has 0 unspecified atom stereocenters. The first-order valence-electron chi connectivity index (χ1n) is 6.19. The van der Waals surface area contributed by atoms with Gasteiger partial charge in [0.1, 0.15) is 5.02 Å². The summed E-state index contributed by atoms with van der Waals surface area (Å²) >= 11 is 6.00. The molecule has 0 aliphatic carbocycles. The molecule has 0 saturated carbocycles. The van der Waals surface area contributed by atoms with Crippen LogP contribution in [0.5, 0.6) is 0 Å². The molecule has 0 aliphatic heterocycles. The smallest absolute Gasteiger partial charge is 0.285 e. The lowest BCUT2D eigenvalue weighted by Gasteiger charge is -2.21. The molecule has 1 aromatic heterocycles. The highest BCUT2D eigenvalue weighted by Crippen LogP contribution is 2.22. The van der Waals surface area contributed by atoms with Gasteiger partial charge in [-0.2, -0.15) is 5.10 Å². The van der Waals surface area contributed by atoms with Crippen molar-refractivity contribution in [2.24, 2.45) is 0 Å². The fourth-order valence-corrected chi connectivity index (χ4v) is 2.17. The Hall–Kier alpha value is -2.01. The number of rotatable bonds is 4. The van der Waals surface area contributed by atoms with Gasteiger partial charge in [0, 0.05) is 33.4 Å². The molecule has 2 rings (SSSR count). The molecule has 1 aromatic carbocycles. The number of anilines is 2. The molecule has 0 bridgehead atoms. The minimum Gasteiger partial charge on any atom is -0.378 e. The average molecular weight is 293 g/mol. The van der Waals surface area contributed by atoms with Crippen LogP contribution in [0.3, 0.4) is 0 Å². The Morgan fingerprint density at radius 3 is 2.75 bits per heavy atom. The van der Waals surface area contributed by atoms with E-state index < -0.39 is 0 Å². The Morgan fingerprint density at radius 1 is 1.30 bits per heavy atom. The molecular weight excluding hydrogens is 276 g/mol. The number of hydrogen-bond donors (Lipinski definition) is 1. The molecule has 0 saturated heterocycles. The van der Waals surface area contributed by atoms with Gasteiger partial charge in [0.2, 0.25) is 0 Å². The number of benzene rings is 1. The third-order valence-corrected chi connectivity index (χ3v) is 3.40. The summed E-state index contributed by atoms with van der Waals surface area (Å²) in [6.07, 6.45) is 1.56. The normalized spacial score (nSPS) is 10.4. The third kappa shape index (κ3) is 3.11. The van der Waals surface area contributed by atoms with Crippen LogP contribution in [0.15, 0.2) is 35.3 Å². The van der Waals surface area contributed by atoms with Gasteiger partial charge in [-0.3, -0.25) is 4.79 Å². The molecule has 5 nitrogen and oxygen atoms in total. The molecule has 1 heterocycles. The van der Waals surface area contributed by atoms with Crippen molar-refractivity contribution in [3.63, 3.8) is 0 Å². The zero-order chi connectivity index (χ0) is 14.7. The van der Waals surface area contributed by atoms with Crippen LogP contribution in [-0.4, -0.2) is 31.3 Å². The maximum atomic E-state index is 11.5. The lowest BCUT2D eigenvalue weighted by atomic mass is 10.2. The van der Waals surface area contributed by atoms with Gasteiger partial charge in [-0.25, -0.2) is 5.10 Å². The number of H-pyrrole nitrogens is 1. The summed E-state index contributed by atoms with van der Waals surface area (Å²) in [4.78, 5) is 15.4. The number of aromatic nitrogens is 2. The maximum Gasteiger partial charge on any atom is 0.285 e. The lowest BCUT2D eigenvalue weighted by Crippen LogP contribution is -2.21. The Labute approximate surface area is 122 Å². The van der Waals surface area contributed by atoms with E-state index >= 15 is 0 Å². The summed E-state index contributed by atoms with van der Waals surface area (Å²) in [6.45, 7) is 0.645. The van der Waals surface area contributed by atoms with Gasteiger partial charge < -0.3 is 9.80 Å². The SMILES string of the molecule is CN(C)c1cccc(CN(C)c2cn[nH]c(=O)c2Cl)c1. The zero-order valence-corrected chi connectivity index (χ0v) is 12.5. The summed E-state index contributed by atoms with van der Waals surface area (Å²) < 4.78 is 0. The summed E-state index contributed by atoms with van der Waals surface area (Å²) in [5, 5.41) is 6.25. The van der Waals surface area contributed by atoms with Crippen LogP contribution in [0.25, 0.3) is 0 Å². The van der Waals surface area contributed by atoms with Gasteiger partial charge in [-0.15, -0.1) is 0 Å². The van der Waals surface area contributed by atoms with Gasteiger partial charge in [0.05, 0.1) is 11.9 Å². The Balaban J connectivity index is 2.23. The first-order valence-corrected chi connectivity index (χ1v) is 6.57. The molecule has 0 radical (unpaired) electrons. The van der Waals surface area contributed by atoms with E-state index in [2.05, 4.69) is 16.3 Å². The Kier molecular flexibility index (Phi) is 4.29. The van der Waals surface area contributed by atoms with E-state index in [1.54, 1.807) is 6.20 Å². The second kappa shape index (κ2) is 5.96. The van der Waals surface area contributed by atoms with Crippen LogP contribution in [0.2, 0.25) is 5.02 Å². The summed E-state index contributed by atoms with van der Waals surface area (Å²) in [5.74, 6) is 0. The standard InChI is InChI=1S/C14H17ClN4O/c1-18(2)11-6-4-5-10(7-11)9-19(3)12-8-16-17-14(20)13(12)15/h4-8H,9H2,1-3H3,(H,17,20). The van der Waals surface area contributed by atoms with Crippen LogP contribution in [0.4, 0.5) is 11.4 Å². The third-order valence-electron chi connectivity index (χ3n) is 3.04. The molecule has 0 fully saturated rings. The predicted octanol–water partition coefficient (Wildman–Crippen LogP) is 2.13. The monoisotopic (exact) mass is 292 g/mol. The minimum absolute atomic E-state index is 0.159. The molecule has 0 atom stereocenters. The minimum atomic E-state index is -0.377. The highest BCUT2D eigenvalue weighted by Gasteiger charge is 2.10. The van der Waals surface area contributed by atoms with Gasteiger partial charge in [-0.05, 0) is 17.7 Å². The van der Waals surface area contributed by atoms with Crippen molar-refractivity contribution in [3.8, 4) is 0 Å². The maximum absolute atomic E-state index is 11.5. The van der Waals surface area contributed by atoms with Crippen molar-refractivity contribution >= 4 is 23.0 Å². The molecule has 2 aromatic rings. The van der Waals surface area contributed by atoms with Crippen LogP contribution in [0.1, 0.15) is 5.56 Å². The largest absolute Gasteiger partial charge is 0.378 e. The van der Waals surface area contributed by atoms with Crippen molar-refractivity contribution in [2.75, 3.05) is 30.9 Å². The molecule has 106 valence electrons. The topological polar surface area (TPSA) is 52.2 Å². The Bertz CT molecular complexity index is 654. The van der Waals surface area contributed by atoms with Crippen molar-refractivity contribution in [3.05, 3.63) is 51.4 Å². The lowest BCUT2D eigenvalue weighted by molar-refractivity contribution is 0.893. The van der Waals surface area contributed by atoms with Crippen molar-refractivity contribution in [2.45, 2.75) is 6.54 Å². The first-order chi connectivity index (χ1) is 9.49. The van der Waals surface area contributed by atoms with Gasteiger partial charge in [0.25, 0.3) is 5.56 Å². The van der Waals surface area contributed by atoms with Crippen LogP contribution in [-0.2, 0) is 6.54 Å². The van der Waals surface area contributed by atoms with E-state index in [1.807, 2.05) is 49.1 Å². The van der Waals surface area contributed by atoms with Gasteiger partial charge in [-0.1, -0.05) is 23.7 Å². The molecule has 6 heteroatoms. The summed E-state index contributed by atoms with van der Waals surface area (Å²) in [5.41, 5.74) is 2.50. The Morgan fingerprint density at radius 2 is 2.05 bits per heavy atom. The van der Waals surface area contributed by atoms with Gasteiger partial charge in [0.15, 0.2) is 0 Å². The molecule has 0 spiro atoms. The highest BCUT2D eigenvalue weighted by atomic mass is 35.5. The molecular formula is C14H17ClN4O. The van der Waals surface area contributed by atoms with Crippen LogP contribution >= 0.6 is 11.6 Å². The van der Waals surface area contributed by atoms with Crippen LogP contribution < -0.4 is 15.4 Å². The predicted molar refractivity (Wildman–Crippen MR) is 82.7 cm³/mol. The van der Waals surface area contributed by atoms with Crippen molar-refractivity contribution in [1.82, 2.24) is 10.2 Å². The molecule has 0 amide bonds. The van der Waals surface area contributed by atoms with E-state index in [9.17, 15) is 4.79 Å². The fraction of sp³-hybridized carbons (Fsp3) is 0.286. The average Bonchev–Trinajstić information content (AvgIpc) is 2.42. The number of hydrogen-bond acceptors (Lipinski definition) is 4. The second-order valence-corrected chi connectivity index (χ2v) is 5.20. The van der Waals surface area contributed by atoms with E-state index in [0.717, 1.165) is 11.3 Å². The number of halogens is 1. The summed E-state index contributed by atoms with van der Waals surface area (Å²) in [6, 6.07) is 8.20. The van der Waals surface area contributed by atoms with Crippen molar-refractivity contribution in [1.29, 1.82) is 0 Å². The zero-order valence-electron chi connectivity index (χ0n) is 11.7. The van der Waals surface area contributed by atoms with Gasteiger partial charge >= 0.3 is 0 Å². The molecule has 1 N–H and O–H groups in total. The fourth-order valence-electron chi connectivity index (χ4n) is 1.93. The quantitative estimate of drug-likeness (QED) is 0.938. The number of aromatic amines is 1.